The number of hydrogen-bond acceptors (Lipinski definition) is 5. The SMILES string of the molecule is COCCN(C)CCNC(=O)c1cnc(C)cc1N. The minimum absolute atomic E-state index is 0.190. The quantitative estimate of drug-likeness (QED) is 0.741. The molecule has 0 aliphatic rings. The number of anilines is 1. The van der Waals surface area contributed by atoms with Crippen molar-refractivity contribution in [2.75, 3.05) is 46.1 Å². The molecule has 1 rings (SSSR count). The van der Waals surface area contributed by atoms with Crippen LogP contribution in [0.5, 0.6) is 0 Å². The highest BCUT2D eigenvalue weighted by Crippen LogP contribution is 2.10. The standard InChI is InChI=1S/C13H22N4O2/c1-10-8-12(14)11(9-16-10)13(18)15-4-5-17(2)6-7-19-3/h8-9H,4-7H2,1-3H3,(H2,14,16)(H,15,18). The zero-order valence-electron chi connectivity index (χ0n) is 11.8. The van der Waals surface area contributed by atoms with Gasteiger partial charge >= 0.3 is 0 Å². The summed E-state index contributed by atoms with van der Waals surface area (Å²) in [6.45, 7) is 4.67. The van der Waals surface area contributed by atoms with Gasteiger partial charge in [-0.15, -0.1) is 0 Å². The van der Waals surface area contributed by atoms with Gasteiger partial charge in [0, 0.05) is 44.3 Å². The largest absolute Gasteiger partial charge is 0.398 e. The molecule has 0 bridgehead atoms. The van der Waals surface area contributed by atoms with E-state index in [4.69, 9.17) is 10.5 Å². The van der Waals surface area contributed by atoms with Crippen LogP contribution >= 0.6 is 0 Å². The van der Waals surface area contributed by atoms with Crippen molar-refractivity contribution in [1.82, 2.24) is 15.2 Å². The van der Waals surface area contributed by atoms with Crippen molar-refractivity contribution in [1.29, 1.82) is 0 Å². The maximum atomic E-state index is 11.9. The van der Waals surface area contributed by atoms with Crippen LogP contribution in [0.3, 0.4) is 0 Å². The minimum atomic E-state index is -0.190. The third-order valence-corrected chi connectivity index (χ3v) is 2.77. The average Bonchev–Trinajstić information content (AvgIpc) is 2.36. The Hall–Kier alpha value is -1.66. The van der Waals surface area contributed by atoms with Gasteiger partial charge in [-0.1, -0.05) is 0 Å². The number of nitrogens with two attached hydrogens (primary N) is 1. The number of likely N-dealkylation sites (N-methyl/N-ethyl adjacent to an activating group) is 1. The van der Waals surface area contributed by atoms with E-state index in [0.29, 0.717) is 24.4 Å². The molecule has 0 aliphatic carbocycles. The van der Waals surface area contributed by atoms with Crippen molar-refractivity contribution in [3.05, 3.63) is 23.5 Å². The summed E-state index contributed by atoms with van der Waals surface area (Å²) in [5.41, 5.74) is 7.47. The summed E-state index contributed by atoms with van der Waals surface area (Å²) in [5.74, 6) is -0.190. The molecular weight excluding hydrogens is 244 g/mol. The normalized spacial score (nSPS) is 10.7. The lowest BCUT2D eigenvalue weighted by Gasteiger charge is -2.16. The lowest BCUT2D eigenvalue weighted by Crippen LogP contribution is -2.34. The average molecular weight is 266 g/mol. The van der Waals surface area contributed by atoms with Crippen molar-refractivity contribution in [3.63, 3.8) is 0 Å². The Morgan fingerprint density at radius 2 is 2.26 bits per heavy atom. The fraction of sp³-hybridized carbons (Fsp3) is 0.538. The van der Waals surface area contributed by atoms with Gasteiger partial charge in [0.2, 0.25) is 0 Å². The number of aryl methyl sites for hydroxylation is 1. The highest BCUT2D eigenvalue weighted by atomic mass is 16.5. The first-order valence-corrected chi connectivity index (χ1v) is 6.22. The van der Waals surface area contributed by atoms with E-state index in [9.17, 15) is 4.79 Å². The molecule has 0 aliphatic heterocycles. The Bertz CT molecular complexity index is 423. The van der Waals surface area contributed by atoms with Crippen molar-refractivity contribution in [3.8, 4) is 0 Å². The van der Waals surface area contributed by atoms with Crippen LogP contribution in [0.2, 0.25) is 0 Å². The number of amides is 1. The van der Waals surface area contributed by atoms with Gasteiger partial charge in [0.05, 0.1) is 12.2 Å². The number of nitrogens with zero attached hydrogens (tertiary/aromatic N) is 2. The van der Waals surface area contributed by atoms with E-state index in [2.05, 4.69) is 15.2 Å². The zero-order chi connectivity index (χ0) is 14.3. The Balaban J connectivity index is 2.39. The highest BCUT2D eigenvalue weighted by molar-refractivity contribution is 5.98. The number of rotatable bonds is 7. The first-order valence-electron chi connectivity index (χ1n) is 6.22. The molecule has 0 radical (unpaired) electrons. The van der Waals surface area contributed by atoms with Crippen molar-refractivity contribution >= 4 is 11.6 Å². The smallest absolute Gasteiger partial charge is 0.254 e. The second kappa shape index (κ2) is 7.70. The van der Waals surface area contributed by atoms with Gasteiger partial charge < -0.3 is 20.7 Å². The number of nitrogens with one attached hydrogen (secondary N) is 1. The van der Waals surface area contributed by atoms with Crippen molar-refractivity contribution in [2.45, 2.75) is 6.92 Å². The van der Waals surface area contributed by atoms with E-state index >= 15 is 0 Å². The van der Waals surface area contributed by atoms with Gasteiger partial charge in [0.15, 0.2) is 0 Å². The van der Waals surface area contributed by atoms with Gasteiger partial charge in [-0.3, -0.25) is 9.78 Å². The van der Waals surface area contributed by atoms with Crippen LogP contribution in [-0.2, 0) is 4.74 Å². The maximum Gasteiger partial charge on any atom is 0.254 e. The Labute approximate surface area is 113 Å². The summed E-state index contributed by atoms with van der Waals surface area (Å²) < 4.78 is 4.98. The fourth-order valence-corrected chi connectivity index (χ4v) is 1.59. The Morgan fingerprint density at radius 3 is 2.89 bits per heavy atom. The van der Waals surface area contributed by atoms with Crippen molar-refractivity contribution < 1.29 is 9.53 Å². The second-order valence-electron chi connectivity index (χ2n) is 4.46. The molecule has 0 spiro atoms. The van der Waals surface area contributed by atoms with Crippen LogP contribution in [0.1, 0.15) is 16.1 Å². The first-order chi connectivity index (χ1) is 9.04. The Kier molecular flexibility index (Phi) is 6.24. The molecule has 0 saturated carbocycles. The molecule has 6 nitrogen and oxygen atoms in total. The maximum absolute atomic E-state index is 11.9. The molecule has 3 N–H and O–H groups in total. The van der Waals surface area contributed by atoms with E-state index in [1.807, 2.05) is 14.0 Å². The fourth-order valence-electron chi connectivity index (χ4n) is 1.59. The number of pyridine rings is 1. The molecule has 106 valence electrons. The van der Waals surface area contributed by atoms with E-state index in [1.54, 1.807) is 13.2 Å². The molecule has 1 heterocycles. The molecule has 0 aromatic carbocycles. The molecule has 1 aromatic heterocycles. The monoisotopic (exact) mass is 266 g/mol. The molecule has 0 atom stereocenters. The molecule has 1 amide bonds. The lowest BCUT2D eigenvalue weighted by molar-refractivity contribution is 0.0948. The van der Waals surface area contributed by atoms with E-state index in [0.717, 1.165) is 18.8 Å². The van der Waals surface area contributed by atoms with Crippen LogP contribution in [0.4, 0.5) is 5.69 Å². The van der Waals surface area contributed by atoms with Crippen LogP contribution in [0.15, 0.2) is 12.3 Å². The van der Waals surface area contributed by atoms with Gasteiger partial charge in [-0.25, -0.2) is 0 Å². The summed E-state index contributed by atoms with van der Waals surface area (Å²) in [5, 5.41) is 2.83. The summed E-state index contributed by atoms with van der Waals surface area (Å²) >= 11 is 0. The van der Waals surface area contributed by atoms with Crippen LogP contribution in [-0.4, -0.2) is 56.2 Å². The van der Waals surface area contributed by atoms with E-state index in [1.165, 1.54) is 6.20 Å². The number of carbonyl (C=O) groups excluding carboxylic acids is 1. The lowest BCUT2D eigenvalue weighted by atomic mass is 10.2. The van der Waals surface area contributed by atoms with Crippen LogP contribution < -0.4 is 11.1 Å². The topological polar surface area (TPSA) is 80.5 Å². The predicted molar refractivity (Wildman–Crippen MR) is 75.1 cm³/mol. The predicted octanol–water partition coefficient (Wildman–Crippen LogP) is 0.280. The van der Waals surface area contributed by atoms with Gasteiger partial charge in [0.25, 0.3) is 5.91 Å². The highest BCUT2D eigenvalue weighted by Gasteiger charge is 2.10. The number of carbonyl (C=O) groups is 1. The molecule has 0 saturated heterocycles. The molecule has 6 heteroatoms. The molecule has 19 heavy (non-hydrogen) atoms. The molecule has 0 unspecified atom stereocenters. The number of nitrogen functional groups attached to an aromatic ring is 1. The third-order valence-electron chi connectivity index (χ3n) is 2.77. The van der Waals surface area contributed by atoms with Gasteiger partial charge in [-0.2, -0.15) is 0 Å². The number of aromatic nitrogens is 1. The number of methoxy groups -OCH3 is 1. The van der Waals surface area contributed by atoms with Crippen molar-refractivity contribution in [2.24, 2.45) is 0 Å². The third kappa shape index (κ3) is 5.23. The summed E-state index contributed by atoms with van der Waals surface area (Å²) in [4.78, 5) is 18.1. The summed E-state index contributed by atoms with van der Waals surface area (Å²) in [7, 11) is 3.65. The van der Waals surface area contributed by atoms with Gasteiger partial charge in [-0.05, 0) is 20.0 Å². The number of ether oxygens (including phenoxy) is 1. The van der Waals surface area contributed by atoms with Crippen LogP contribution in [0.25, 0.3) is 0 Å². The van der Waals surface area contributed by atoms with E-state index in [-0.39, 0.29) is 5.91 Å². The Morgan fingerprint density at radius 1 is 1.53 bits per heavy atom. The summed E-state index contributed by atoms with van der Waals surface area (Å²) in [6.07, 6.45) is 1.51. The van der Waals surface area contributed by atoms with E-state index < -0.39 is 0 Å². The molecule has 1 aromatic rings. The van der Waals surface area contributed by atoms with Crippen LogP contribution in [0, 0.1) is 6.92 Å². The number of hydrogen-bond donors (Lipinski definition) is 2. The molecule has 0 fully saturated rings. The zero-order valence-corrected chi connectivity index (χ0v) is 11.8. The minimum Gasteiger partial charge on any atom is -0.398 e. The van der Waals surface area contributed by atoms with Gasteiger partial charge in [0.1, 0.15) is 0 Å². The first kappa shape index (κ1) is 15.4. The summed E-state index contributed by atoms with van der Waals surface area (Å²) in [6, 6.07) is 1.69. The second-order valence-corrected chi connectivity index (χ2v) is 4.46. The molecular formula is C13H22N4O2.